The first kappa shape index (κ1) is 51.7. The van der Waals surface area contributed by atoms with Gasteiger partial charge >= 0.3 is 0 Å². The minimum absolute atomic E-state index is 0.429. The Kier molecular flexibility index (Phi) is 12.5. The third-order valence-corrected chi connectivity index (χ3v) is 16.4. The number of aromatic nitrogens is 8. The number of hydrogen-bond donors (Lipinski definition) is 0. The van der Waals surface area contributed by atoms with Gasteiger partial charge in [0.1, 0.15) is 0 Å². The van der Waals surface area contributed by atoms with Crippen LogP contribution in [0.5, 0.6) is 0 Å². The van der Waals surface area contributed by atoms with Crippen LogP contribution >= 0.6 is 0 Å². The van der Waals surface area contributed by atoms with Crippen molar-refractivity contribution < 1.29 is 17.7 Å². The van der Waals surface area contributed by atoms with E-state index in [1.54, 1.807) is 0 Å². The number of nitrogens with zero attached hydrogens (tertiary/aromatic N) is 10. The molecule has 0 radical (unpaired) electrons. The summed E-state index contributed by atoms with van der Waals surface area (Å²) in [7, 11) is 0. The van der Waals surface area contributed by atoms with E-state index in [1.165, 1.54) is 0 Å². The maximum atomic E-state index is 6.22. The van der Waals surface area contributed by atoms with E-state index in [2.05, 4.69) is 160 Å². The highest BCUT2D eigenvalue weighted by Gasteiger charge is 2.25. The predicted molar refractivity (Wildman–Crippen MR) is 352 cm³/mol. The fourth-order valence-electron chi connectivity index (χ4n) is 12.1. The van der Waals surface area contributed by atoms with Crippen LogP contribution in [0.1, 0.15) is 0 Å². The van der Waals surface area contributed by atoms with Crippen molar-refractivity contribution in [3.05, 3.63) is 279 Å². The molecular formula is C76H46N10O4. The molecule has 0 spiro atoms. The molecule has 90 heavy (non-hydrogen) atoms. The summed E-state index contributed by atoms with van der Waals surface area (Å²) in [5, 5.41) is 44.3. The van der Waals surface area contributed by atoms with Crippen LogP contribution in [0.3, 0.4) is 0 Å². The molecule has 0 fully saturated rings. The molecule has 424 valence electrons. The molecule has 0 atom stereocenters. The van der Waals surface area contributed by atoms with E-state index in [0.717, 1.165) is 122 Å². The average molecular weight is 1160 g/mol. The minimum atomic E-state index is 0.429. The van der Waals surface area contributed by atoms with Crippen molar-refractivity contribution in [3.63, 3.8) is 0 Å². The van der Waals surface area contributed by atoms with Crippen LogP contribution < -0.4 is 9.80 Å². The van der Waals surface area contributed by atoms with Crippen LogP contribution in [0.25, 0.3) is 135 Å². The standard InChI is InChI=1S/C76H46N10O4/c1-5-15-47(16-6-1)69-77-81-73(87-69)51-27-35-55(36-28-51)85(56-37-29-52(30-38-56)74-82-78-70(88-74)48-17-7-2-8-18-48)65-45-43-61-60-24-14-26-64-66(46-44-62(68(60)64)59-23-13-25-63(65)67(59)61)86(57-39-31-53(32-40-57)75-83-79-71(89-75)49-19-9-3-10-20-49)58-41-33-54(34-42-58)76-84-80-72(90-76)50-21-11-4-12-22-50/h1-46H. The Hall–Kier alpha value is -12.7. The molecule has 0 unspecified atom stereocenters. The van der Waals surface area contributed by atoms with Gasteiger partial charge in [0.2, 0.25) is 47.1 Å². The second-order valence-corrected chi connectivity index (χ2v) is 21.7. The second kappa shape index (κ2) is 21.7. The molecule has 0 bridgehead atoms. The van der Waals surface area contributed by atoms with Crippen molar-refractivity contribution in [3.8, 4) is 91.6 Å². The molecule has 0 aliphatic rings. The van der Waals surface area contributed by atoms with Crippen LogP contribution in [-0.4, -0.2) is 40.8 Å². The van der Waals surface area contributed by atoms with Crippen LogP contribution in [-0.2, 0) is 0 Å². The monoisotopic (exact) mass is 1160 g/mol. The zero-order chi connectivity index (χ0) is 59.5. The second-order valence-electron chi connectivity index (χ2n) is 21.7. The SMILES string of the molecule is c1ccc(-c2nnc(-c3ccc(N(c4ccc(-c5nnc(-c6ccccc6)o5)cc4)c4ccc5c6cccc7c(N(c8ccc(-c9nnc(-c%10ccccc%10)o9)cc8)c8ccc(-c9nnc(-c%10ccccc%10)o9)cc8)ccc(c8cccc4c85)c76)cc3)o2)cc1. The normalized spacial score (nSPS) is 11.6. The smallest absolute Gasteiger partial charge is 0.248 e. The summed E-state index contributed by atoms with van der Waals surface area (Å²) < 4.78 is 24.9. The van der Waals surface area contributed by atoms with Crippen LogP contribution in [0, 0.1) is 0 Å². The topological polar surface area (TPSA) is 162 Å². The Morgan fingerprint density at radius 1 is 0.178 bits per heavy atom. The van der Waals surface area contributed by atoms with Gasteiger partial charge in [0.25, 0.3) is 0 Å². The molecule has 13 aromatic carbocycles. The molecule has 4 aromatic heterocycles. The Balaban J connectivity index is 0.783. The quantitative estimate of drug-likeness (QED) is 0.0746. The van der Waals surface area contributed by atoms with Crippen LogP contribution in [0.15, 0.2) is 297 Å². The summed E-state index contributed by atoms with van der Waals surface area (Å²) in [4.78, 5) is 4.58. The lowest BCUT2D eigenvalue weighted by Crippen LogP contribution is -2.11. The van der Waals surface area contributed by atoms with Gasteiger partial charge in [-0.2, -0.15) is 0 Å². The fraction of sp³-hybridized carbons (Fsp3) is 0. The lowest BCUT2D eigenvalue weighted by molar-refractivity contribution is 0.584. The first-order chi connectivity index (χ1) is 44.6. The van der Waals surface area contributed by atoms with Gasteiger partial charge in [-0.05, 0) is 190 Å². The van der Waals surface area contributed by atoms with Gasteiger partial charge in [-0.3, -0.25) is 0 Å². The summed E-state index contributed by atoms with van der Waals surface area (Å²) in [6.07, 6.45) is 0. The molecule has 0 saturated carbocycles. The van der Waals surface area contributed by atoms with Crippen molar-refractivity contribution in [2.24, 2.45) is 0 Å². The first-order valence-corrected chi connectivity index (χ1v) is 29.3. The van der Waals surface area contributed by atoms with E-state index in [9.17, 15) is 0 Å². The summed E-state index contributed by atoms with van der Waals surface area (Å²) in [6, 6.07) is 94.4. The predicted octanol–water partition coefficient (Wildman–Crippen LogP) is 19.5. The van der Waals surface area contributed by atoms with Gasteiger partial charge in [-0.1, -0.05) is 121 Å². The molecule has 14 nitrogen and oxygen atoms in total. The zero-order valence-corrected chi connectivity index (χ0v) is 47.7. The van der Waals surface area contributed by atoms with E-state index in [1.807, 2.05) is 170 Å². The van der Waals surface area contributed by atoms with Gasteiger partial charge < -0.3 is 27.5 Å². The summed E-state index contributed by atoms with van der Waals surface area (Å²) in [6.45, 7) is 0. The highest BCUT2D eigenvalue weighted by atomic mass is 16.4. The van der Waals surface area contributed by atoms with Gasteiger partial charge in [0.05, 0.1) is 11.4 Å². The molecule has 17 rings (SSSR count). The van der Waals surface area contributed by atoms with Gasteiger partial charge in [0, 0.05) is 78.0 Å². The van der Waals surface area contributed by atoms with E-state index >= 15 is 0 Å². The number of anilines is 6. The Morgan fingerprint density at radius 2 is 0.389 bits per heavy atom. The Labute approximate surface area is 513 Å². The molecule has 4 heterocycles. The summed E-state index contributed by atoms with van der Waals surface area (Å²) in [5.41, 5.74) is 12.3. The number of rotatable bonds is 14. The largest absolute Gasteiger partial charge is 0.416 e. The lowest BCUT2D eigenvalue weighted by Gasteiger charge is -2.29. The Morgan fingerprint density at radius 3 is 0.633 bits per heavy atom. The molecule has 14 heteroatoms. The molecule has 0 aliphatic heterocycles. The van der Waals surface area contributed by atoms with Crippen molar-refractivity contribution in [1.82, 2.24) is 40.8 Å². The maximum absolute atomic E-state index is 6.22. The van der Waals surface area contributed by atoms with E-state index in [-0.39, 0.29) is 0 Å². The van der Waals surface area contributed by atoms with E-state index in [4.69, 9.17) is 17.7 Å². The zero-order valence-electron chi connectivity index (χ0n) is 47.7. The highest BCUT2D eigenvalue weighted by molar-refractivity contribution is 6.35. The van der Waals surface area contributed by atoms with Gasteiger partial charge in [-0.15, -0.1) is 40.8 Å². The van der Waals surface area contributed by atoms with Crippen molar-refractivity contribution in [1.29, 1.82) is 0 Å². The fourth-order valence-corrected chi connectivity index (χ4v) is 12.1. The average Bonchev–Trinajstić information content (AvgIpc) is 0.835. The third kappa shape index (κ3) is 9.14. The third-order valence-electron chi connectivity index (χ3n) is 16.4. The van der Waals surface area contributed by atoms with E-state index in [0.29, 0.717) is 47.1 Å². The van der Waals surface area contributed by atoms with Gasteiger partial charge in [0.15, 0.2) is 0 Å². The molecule has 0 aliphatic carbocycles. The van der Waals surface area contributed by atoms with Crippen LogP contribution in [0.2, 0.25) is 0 Å². The van der Waals surface area contributed by atoms with E-state index < -0.39 is 0 Å². The molecule has 0 N–H and O–H groups in total. The lowest BCUT2D eigenvalue weighted by atomic mass is 9.88. The van der Waals surface area contributed by atoms with Crippen LogP contribution in [0.4, 0.5) is 34.1 Å². The molecule has 17 aromatic rings. The van der Waals surface area contributed by atoms with Crippen molar-refractivity contribution in [2.45, 2.75) is 0 Å². The maximum Gasteiger partial charge on any atom is 0.248 e. The number of benzene rings is 13. The highest BCUT2D eigenvalue weighted by Crippen LogP contribution is 2.50. The summed E-state index contributed by atoms with van der Waals surface area (Å²) in [5.74, 6) is 3.55. The Bertz CT molecular complexity index is 4800. The van der Waals surface area contributed by atoms with Gasteiger partial charge in [-0.25, -0.2) is 0 Å². The van der Waals surface area contributed by atoms with Crippen molar-refractivity contribution >= 4 is 77.2 Å². The molecule has 0 amide bonds. The van der Waals surface area contributed by atoms with Crippen molar-refractivity contribution in [2.75, 3.05) is 9.80 Å². The minimum Gasteiger partial charge on any atom is -0.416 e. The molecular weight excluding hydrogens is 1120 g/mol. The number of fused-ring (bicyclic) bond motifs is 2. The molecule has 0 saturated heterocycles. The number of hydrogen-bond acceptors (Lipinski definition) is 14. The summed E-state index contributed by atoms with van der Waals surface area (Å²) >= 11 is 0. The first-order valence-electron chi connectivity index (χ1n) is 29.3.